The Morgan fingerprint density at radius 1 is 1.36 bits per heavy atom. The average molecular weight is 381 g/mol. The number of nitrogens with one attached hydrogen (secondary N) is 1. The molecule has 0 saturated carbocycles. The number of terminal acetylenes is 1. The molecule has 1 aromatic heterocycles. The normalized spacial score (nSPS) is 17.1. The summed E-state index contributed by atoms with van der Waals surface area (Å²) >= 11 is 0. The Bertz CT molecular complexity index is 849. The number of rotatable bonds is 7. The van der Waals surface area contributed by atoms with Gasteiger partial charge in [-0.1, -0.05) is 5.92 Å². The summed E-state index contributed by atoms with van der Waals surface area (Å²) in [5.41, 5.74) is 2.96. The third kappa shape index (κ3) is 4.97. The largest absolute Gasteiger partial charge is 0.467 e. The average Bonchev–Trinajstić information content (AvgIpc) is 2.68. The van der Waals surface area contributed by atoms with Gasteiger partial charge in [-0.25, -0.2) is 4.98 Å². The number of aryl methyl sites for hydroxylation is 1. The van der Waals surface area contributed by atoms with Gasteiger partial charge in [-0.3, -0.25) is 0 Å². The predicted octanol–water partition coefficient (Wildman–Crippen LogP) is 2.71. The monoisotopic (exact) mass is 381 g/mol. The number of nitrogens with zero attached hydrogens (tertiary/aromatic N) is 4. The van der Waals surface area contributed by atoms with Gasteiger partial charge in [-0.2, -0.15) is 0 Å². The van der Waals surface area contributed by atoms with Crippen molar-refractivity contribution in [3.63, 3.8) is 0 Å². The summed E-state index contributed by atoms with van der Waals surface area (Å²) in [5, 5.41) is 12.1. The van der Waals surface area contributed by atoms with Gasteiger partial charge in [0.25, 0.3) is 0 Å². The zero-order chi connectivity index (χ0) is 19.9. The van der Waals surface area contributed by atoms with E-state index in [-0.39, 0.29) is 6.79 Å². The van der Waals surface area contributed by atoms with Gasteiger partial charge < -0.3 is 19.7 Å². The van der Waals surface area contributed by atoms with E-state index in [4.69, 9.17) is 15.9 Å². The first-order valence-corrected chi connectivity index (χ1v) is 9.58. The fraction of sp³-hybridized carbons (Fsp3) is 0.476. The molecule has 3 rings (SSSR count). The Balaban J connectivity index is 1.82. The molecule has 1 saturated heterocycles. The van der Waals surface area contributed by atoms with Crippen LogP contribution in [0.2, 0.25) is 0 Å². The third-order valence-electron chi connectivity index (χ3n) is 4.72. The topological polar surface area (TPSA) is 72.4 Å². The van der Waals surface area contributed by atoms with Crippen molar-refractivity contribution in [2.45, 2.75) is 32.7 Å². The van der Waals surface area contributed by atoms with E-state index in [0.717, 1.165) is 36.3 Å². The van der Waals surface area contributed by atoms with Crippen LogP contribution in [0, 0.1) is 19.3 Å². The molecule has 0 aliphatic carbocycles. The van der Waals surface area contributed by atoms with E-state index in [1.807, 2.05) is 26.0 Å². The second kappa shape index (κ2) is 9.49. The Morgan fingerprint density at radius 2 is 2.21 bits per heavy atom. The number of likely N-dealkylation sites (N-methyl/N-ethyl adjacent to an activating group) is 1. The smallest absolute Gasteiger partial charge is 0.243 e. The maximum atomic E-state index is 5.76. The van der Waals surface area contributed by atoms with Crippen LogP contribution in [-0.4, -0.2) is 59.7 Å². The maximum absolute atomic E-state index is 5.76. The van der Waals surface area contributed by atoms with E-state index in [1.54, 1.807) is 6.07 Å². The zero-order valence-corrected chi connectivity index (χ0v) is 16.7. The highest BCUT2D eigenvalue weighted by Crippen LogP contribution is 2.31. The molecule has 0 bridgehead atoms. The molecule has 2 aromatic rings. The van der Waals surface area contributed by atoms with E-state index in [1.165, 1.54) is 6.42 Å². The molecule has 1 N–H and O–H groups in total. The van der Waals surface area contributed by atoms with Gasteiger partial charge in [0.05, 0.1) is 5.69 Å². The van der Waals surface area contributed by atoms with Crippen LogP contribution in [0.3, 0.4) is 0 Å². The third-order valence-corrected chi connectivity index (χ3v) is 4.72. The molecular weight excluding hydrogens is 354 g/mol. The van der Waals surface area contributed by atoms with Gasteiger partial charge in [-0.15, -0.1) is 16.6 Å². The molecule has 2 heterocycles. The Labute approximate surface area is 166 Å². The number of hydrogen-bond donors (Lipinski definition) is 1. The summed E-state index contributed by atoms with van der Waals surface area (Å²) in [5.74, 6) is 3.79. The first kappa shape index (κ1) is 20.1. The molecule has 1 aromatic carbocycles. The molecule has 0 unspecified atom stereocenters. The number of ether oxygens (including phenoxy) is 2. The summed E-state index contributed by atoms with van der Waals surface area (Å²) in [7, 11) is 2.13. The van der Waals surface area contributed by atoms with Crippen LogP contribution >= 0.6 is 0 Å². The summed E-state index contributed by atoms with van der Waals surface area (Å²) in [4.78, 5) is 6.93. The van der Waals surface area contributed by atoms with Crippen molar-refractivity contribution in [3.8, 4) is 29.4 Å². The van der Waals surface area contributed by atoms with Crippen LogP contribution < -0.4 is 10.1 Å². The Kier molecular flexibility index (Phi) is 6.80. The van der Waals surface area contributed by atoms with Gasteiger partial charge in [0.2, 0.25) is 5.95 Å². The number of aromatic nitrogens is 3. The molecule has 1 atom stereocenters. The van der Waals surface area contributed by atoms with Gasteiger partial charge in [-0.05, 0) is 58.5 Å². The quantitative estimate of drug-likeness (QED) is 0.449. The predicted molar refractivity (Wildman–Crippen MR) is 109 cm³/mol. The molecule has 7 heteroatoms. The fourth-order valence-corrected chi connectivity index (χ4v) is 3.30. The Morgan fingerprint density at radius 3 is 2.93 bits per heavy atom. The summed E-state index contributed by atoms with van der Waals surface area (Å²) in [6.07, 6.45) is 7.80. The minimum atomic E-state index is 0.145. The second-order valence-corrected chi connectivity index (χ2v) is 6.93. The molecule has 0 spiro atoms. The van der Waals surface area contributed by atoms with Crippen molar-refractivity contribution >= 4 is 5.95 Å². The van der Waals surface area contributed by atoms with E-state index >= 15 is 0 Å². The SMILES string of the molecule is C#Cc1ccc(-c2nnc(N[C@@H]3CCCN(C)C3)nc2C)c(OCOCC)c1. The van der Waals surface area contributed by atoms with Crippen LogP contribution in [0.1, 0.15) is 31.0 Å². The van der Waals surface area contributed by atoms with Crippen molar-refractivity contribution in [3.05, 3.63) is 29.5 Å². The minimum Gasteiger partial charge on any atom is -0.467 e. The van der Waals surface area contributed by atoms with Crippen molar-refractivity contribution < 1.29 is 9.47 Å². The lowest BCUT2D eigenvalue weighted by molar-refractivity contribution is 0.0227. The lowest BCUT2D eigenvalue weighted by atomic mass is 10.1. The standard InChI is InChI=1S/C21H27N5O2/c1-5-16-9-10-18(19(12-16)28-14-27-6-2)20-15(3)22-21(25-24-20)23-17-8-7-11-26(4)13-17/h1,9-10,12,17H,6-8,11,13-14H2,2-4H3,(H,22,23,25)/t17-/m1/s1. The van der Waals surface area contributed by atoms with Gasteiger partial charge in [0.1, 0.15) is 11.4 Å². The first-order valence-electron chi connectivity index (χ1n) is 9.58. The number of piperidine rings is 1. The highest BCUT2D eigenvalue weighted by molar-refractivity contribution is 5.70. The second-order valence-electron chi connectivity index (χ2n) is 6.93. The molecule has 28 heavy (non-hydrogen) atoms. The van der Waals surface area contributed by atoms with E-state index in [2.05, 4.69) is 38.4 Å². The molecule has 1 aliphatic rings. The maximum Gasteiger partial charge on any atom is 0.243 e. The van der Waals surface area contributed by atoms with Crippen molar-refractivity contribution in [2.75, 3.05) is 38.9 Å². The van der Waals surface area contributed by atoms with Crippen molar-refractivity contribution in [1.29, 1.82) is 0 Å². The van der Waals surface area contributed by atoms with E-state index in [9.17, 15) is 0 Å². The molecule has 7 nitrogen and oxygen atoms in total. The number of hydrogen-bond acceptors (Lipinski definition) is 7. The number of likely N-dealkylation sites (tertiary alicyclic amines) is 1. The van der Waals surface area contributed by atoms with E-state index < -0.39 is 0 Å². The van der Waals surface area contributed by atoms with Gasteiger partial charge >= 0.3 is 0 Å². The lowest BCUT2D eigenvalue weighted by Crippen LogP contribution is -2.40. The Hall–Kier alpha value is -2.69. The molecule has 148 valence electrons. The zero-order valence-electron chi connectivity index (χ0n) is 16.7. The molecular formula is C21H27N5O2. The van der Waals surface area contributed by atoms with Crippen LogP contribution in [0.25, 0.3) is 11.3 Å². The lowest BCUT2D eigenvalue weighted by Gasteiger charge is -2.30. The van der Waals surface area contributed by atoms with E-state index in [0.29, 0.717) is 30.0 Å². The van der Waals surface area contributed by atoms with Crippen molar-refractivity contribution in [2.24, 2.45) is 0 Å². The number of anilines is 1. The summed E-state index contributed by atoms with van der Waals surface area (Å²) in [6.45, 7) is 6.66. The molecule has 1 aliphatic heterocycles. The molecule has 0 radical (unpaired) electrons. The molecule has 1 fully saturated rings. The van der Waals surface area contributed by atoms with Gasteiger partial charge in [0.15, 0.2) is 6.79 Å². The van der Waals surface area contributed by atoms with Crippen LogP contribution in [-0.2, 0) is 4.74 Å². The fourth-order valence-electron chi connectivity index (χ4n) is 3.30. The van der Waals surface area contributed by atoms with Crippen LogP contribution in [0.5, 0.6) is 5.75 Å². The van der Waals surface area contributed by atoms with Crippen LogP contribution in [0.15, 0.2) is 18.2 Å². The first-order chi connectivity index (χ1) is 13.6. The molecule has 0 amide bonds. The van der Waals surface area contributed by atoms with Gasteiger partial charge in [0, 0.05) is 30.3 Å². The van der Waals surface area contributed by atoms with Crippen molar-refractivity contribution in [1.82, 2.24) is 20.1 Å². The number of benzene rings is 1. The minimum absolute atomic E-state index is 0.145. The van der Waals surface area contributed by atoms with Crippen LogP contribution in [0.4, 0.5) is 5.95 Å². The highest BCUT2D eigenvalue weighted by atomic mass is 16.7. The summed E-state index contributed by atoms with van der Waals surface area (Å²) < 4.78 is 11.1. The summed E-state index contributed by atoms with van der Waals surface area (Å²) in [6, 6.07) is 5.89. The highest BCUT2D eigenvalue weighted by Gasteiger charge is 2.19.